The molecule has 2 N–H and O–H groups in total. The Hall–Kier alpha value is -3.80. The van der Waals surface area contributed by atoms with E-state index in [9.17, 15) is 9.90 Å². The van der Waals surface area contributed by atoms with E-state index < -0.39 is 0 Å². The number of benzene rings is 2. The van der Waals surface area contributed by atoms with Gasteiger partial charge in [0.1, 0.15) is 5.76 Å². The average Bonchev–Trinajstić information content (AvgIpc) is 3.87. The number of rotatable bonds is 11. The van der Waals surface area contributed by atoms with Crippen molar-refractivity contribution in [3.63, 3.8) is 0 Å². The highest BCUT2D eigenvalue weighted by Crippen LogP contribution is 2.55. The number of unbranched alkanes of at least 4 members (excludes halogenated alkanes) is 2. The number of Topliss-reactive ketones (excluding diaryl/α,β-unsaturated/α-hetero) is 1. The van der Waals surface area contributed by atoms with Gasteiger partial charge < -0.3 is 19.9 Å². The lowest BCUT2D eigenvalue weighted by molar-refractivity contribution is -0.109. The van der Waals surface area contributed by atoms with Gasteiger partial charge in [-0.3, -0.25) is 9.79 Å². The number of allylic oxidation sites excluding steroid dienone is 2. The molecular weight excluding hydrogens is 592 g/mol. The van der Waals surface area contributed by atoms with Crippen molar-refractivity contribution in [1.29, 1.82) is 0 Å². The Morgan fingerprint density at radius 2 is 1.46 bits per heavy atom. The lowest BCUT2D eigenvalue weighted by Crippen LogP contribution is -2.42. The third-order valence-electron chi connectivity index (χ3n) is 13.1. The van der Waals surface area contributed by atoms with Gasteiger partial charge >= 0.3 is 0 Å². The molecule has 4 atom stereocenters. The number of carbonyl (C=O) groups excluding carboxylic acids is 1. The van der Waals surface area contributed by atoms with E-state index in [-0.39, 0.29) is 22.4 Å². The third kappa shape index (κ3) is 4.10. The zero-order chi connectivity index (χ0) is 34.1. The first-order chi connectivity index (χ1) is 23.2. The minimum Gasteiger partial charge on any atom is -0.506 e. The fourth-order valence-corrected chi connectivity index (χ4v) is 10.3. The zero-order valence-electron chi connectivity index (χ0n) is 30.4. The molecule has 0 bridgehead atoms. The first-order valence-electron chi connectivity index (χ1n) is 18.8. The predicted molar refractivity (Wildman–Crippen MR) is 200 cm³/mol. The molecule has 0 saturated heterocycles. The summed E-state index contributed by atoms with van der Waals surface area (Å²) in [5, 5.41) is 14.8. The molecule has 3 aromatic rings. The van der Waals surface area contributed by atoms with E-state index in [4.69, 9.17) is 4.99 Å². The Morgan fingerprint density at radius 3 is 2.02 bits per heavy atom. The summed E-state index contributed by atoms with van der Waals surface area (Å²) in [5.74, 6) is 0.0129. The van der Waals surface area contributed by atoms with Gasteiger partial charge in [0.2, 0.25) is 5.78 Å². The van der Waals surface area contributed by atoms with Crippen molar-refractivity contribution in [2.24, 2.45) is 4.99 Å². The molecule has 0 radical (unpaired) electrons. The van der Waals surface area contributed by atoms with Crippen LogP contribution in [0.5, 0.6) is 0 Å². The number of aromatic amines is 1. The van der Waals surface area contributed by atoms with Gasteiger partial charge in [-0.1, -0.05) is 53.4 Å². The molecule has 6 nitrogen and oxygen atoms in total. The van der Waals surface area contributed by atoms with Crippen LogP contribution in [0, 0.1) is 0 Å². The van der Waals surface area contributed by atoms with Crippen LogP contribution in [0.15, 0.2) is 41.3 Å². The number of aromatic nitrogens is 1. The van der Waals surface area contributed by atoms with E-state index >= 15 is 0 Å². The molecule has 0 fully saturated rings. The second kappa shape index (κ2) is 12.0. The highest BCUT2D eigenvalue weighted by atomic mass is 16.3. The smallest absolute Gasteiger partial charge is 0.201 e. The Labute approximate surface area is 286 Å². The van der Waals surface area contributed by atoms with E-state index in [2.05, 4.69) is 94.4 Å². The van der Waals surface area contributed by atoms with E-state index in [1.807, 2.05) is 12.4 Å². The lowest BCUT2D eigenvalue weighted by atomic mass is 9.69. The van der Waals surface area contributed by atoms with Crippen molar-refractivity contribution in [2.75, 3.05) is 22.9 Å². The molecule has 1 aliphatic carbocycles. The van der Waals surface area contributed by atoms with Crippen LogP contribution in [0.25, 0.3) is 28.1 Å². The summed E-state index contributed by atoms with van der Waals surface area (Å²) in [7, 11) is 0. The first kappa shape index (κ1) is 32.7. The number of aliphatic hydroxyl groups is 1. The van der Waals surface area contributed by atoms with Gasteiger partial charge in [-0.25, -0.2) is 0 Å². The number of nitrogens with zero attached hydrogens (tertiary/aromatic N) is 3. The van der Waals surface area contributed by atoms with Gasteiger partial charge in [-0.2, -0.15) is 0 Å². The van der Waals surface area contributed by atoms with Crippen LogP contribution < -0.4 is 20.4 Å². The molecule has 1 aromatic heterocycles. The van der Waals surface area contributed by atoms with Gasteiger partial charge in [-0.15, -0.1) is 0 Å². The Morgan fingerprint density at radius 1 is 0.854 bits per heavy atom. The van der Waals surface area contributed by atoms with Gasteiger partial charge in [0.15, 0.2) is 0 Å². The molecule has 6 heteroatoms. The van der Waals surface area contributed by atoms with Crippen molar-refractivity contribution in [3.8, 4) is 0 Å². The maximum absolute atomic E-state index is 14.6. The van der Waals surface area contributed by atoms with Crippen molar-refractivity contribution in [3.05, 3.63) is 69.2 Å². The van der Waals surface area contributed by atoms with Crippen LogP contribution in [-0.4, -0.2) is 41.0 Å². The molecule has 0 spiro atoms. The standard InChI is InChI=1S/C42H54N4O2/c1-9-15-19-41(11-3)25(7)45(13-5)37-27-17-21-43-35(27)29(23-31(37)41)33-39(47)34(40(33)48)30-24-32-38(28-18-22-44-36(28)30)46(14-6)26(8)42(32,12-4)20-16-10-2/h17-18,21-26,43,47H,9-16,19-20H2,1-8H3/b34-30-. The normalized spacial score (nSPS) is 26.8. The van der Waals surface area contributed by atoms with Gasteiger partial charge in [-0.05, 0) is 88.8 Å². The second-order valence-electron chi connectivity index (χ2n) is 14.7. The molecule has 48 heavy (non-hydrogen) atoms. The van der Waals surface area contributed by atoms with Crippen molar-refractivity contribution >= 4 is 45.3 Å². The molecule has 0 saturated carbocycles. The first-order valence-corrected chi connectivity index (χ1v) is 18.8. The maximum Gasteiger partial charge on any atom is 0.201 e. The number of H-pyrrole nitrogens is 1. The van der Waals surface area contributed by atoms with Crippen LogP contribution in [0.1, 0.15) is 129 Å². The number of hydrogen-bond donors (Lipinski definition) is 2. The Balaban J connectivity index is 1.48. The maximum atomic E-state index is 14.6. The summed E-state index contributed by atoms with van der Waals surface area (Å²) >= 11 is 0. The topological polar surface area (TPSA) is 71.9 Å². The fraction of sp³-hybridized carbons (Fsp3) is 0.524. The minimum atomic E-state index is -0.0873. The fourth-order valence-electron chi connectivity index (χ4n) is 10.3. The summed E-state index contributed by atoms with van der Waals surface area (Å²) < 4.78 is 0. The molecule has 7 rings (SSSR count). The Kier molecular flexibility index (Phi) is 8.16. The molecular formula is C42H54N4O2. The molecule has 3 aliphatic heterocycles. The summed E-state index contributed by atoms with van der Waals surface area (Å²) in [4.78, 5) is 28.0. The number of carbonyl (C=O) groups is 1. The van der Waals surface area contributed by atoms with E-state index in [0.29, 0.717) is 23.2 Å². The highest BCUT2D eigenvalue weighted by Gasteiger charge is 2.50. The minimum absolute atomic E-state index is 0.00768. The van der Waals surface area contributed by atoms with E-state index in [1.54, 1.807) is 0 Å². The molecule has 0 amide bonds. The van der Waals surface area contributed by atoms with Crippen LogP contribution in [0.3, 0.4) is 0 Å². The number of anilines is 2. The molecule has 2 aromatic carbocycles. The summed E-state index contributed by atoms with van der Waals surface area (Å²) in [5.41, 5.74) is 8.85. The summed E-state index contributed by atoms with van der Waals surface area (Å²) in [6, 6.07) is 7.34. The van der Waals surface area contributed by atoms with Gasteiger partial charge in [0.25, 0.3) is 0 Å². The number of ketones is 1. The monoisotopic (exact) mass is 646 g/mol. The summed E-state index contributed by atoms with van der Waals surface area (Å²) in [6.07, 6.45) is 14.8. The number of fused-ring (bicyclic) bond motifs is 6. The zero-order valence-corrected chi connectivity index (χ0v) is 30.4. The summed E-state index contributed by atoms with van der Waals surface area (Å²) in [6.45, 7) is 20.2. The van der Waals surface area contributed by atoms with Crippen molar-refractivity contribution in [2.45, 2.75) is 130 Å². The van der Waals surface area contributed by atoms with Crippen LogP contribution in [-0.2, 0) is 15.6 Å². The molecule has 4 heterocycles. The predicted octanol–water partition coefficient (Wildman–Crippen LogP) is 8.61. The van der Waals surface area contributed by atoms with E-state index in [1.165, 1.54) is 22.5 Å². The molecule has 4 aliphatic rings. The van der Waals surface area contributed by atoms with E-state index in [0.717, 1.165) is 97.1 Å². The van der Waals surface area contributed by atoms with Crippen LogP contribution in [0.4, 0.5) is 11.4 Å². The number of likely N-dealkylation sites (N-methyl/N-ethyl adjacent to an activating group) is 2. The van der Waals surface area contributed by atoms with Gasteiger partial charge in [0.05, 0.1) is 33.4 Å². The molecule has 4 unspecified atom stereocenters. The number of aliphatic hydroxyl groups excluding tert-OH is 1. The molecule has 254 valence electrons. The number of nitrogens with one attached hydrogen (secondary N) is 1. The number of hydrogen-bond acceptors (Lipinski definition) is 5. The second-order valence-corrected chi connectivity index (χ2v) is 14.7. The largest absolute Gasteiger partial charge is 0.506 e. The quantitative estimate of drug-likeness (QED) is 0.219. The average molecular weight is 647 g/mol. The van der Waals surface area contributed by atoms with Crippen molar-refractivity contribution < 1.29 is 9.90 Å². The highest BCUT2D eigenvalue weighted by molar-refractivity contribution is 6.52. The SMILES string of the molecule is CCCCC1(CC)c2c/c(=C3/C(=O)C(c4cc5c(c6cc[nH]c46)N(CC)C(C)C5(CC)CCCC)=C3O)c3c(c2N(CC)C1C)C=CN=3. The van der Waals surface area contributed by atoms with Crippen LogP contribution >= 0.6 is 0 Å². The van der Waals surface area contributed by atoms with Gasteiger partial charge in [0, 0.05) is 70.1 Å². The van der Waals surface area contributed by atoms with Crippen molar-refractivity contribution in [1.82, 2.24) is 4.98 Å². The lowest BCUT2D eigenvalue weighted by Gasteiger charge is -2.37. The van der Waals surface area contributed by atoms with Crippen LogP contribution in [0.2, 0.25) is 0 Å². The Bertz CT molecular complexity index is 2000. The third-order valence-corrected chi connectivity index (χ3v) is 13.1.